The third-order valence-corrected chi connectivity index (χ3v) is 3.62. The zero-order valence-corrected chi connectivity index (χ0v) is 12.4. The fraction of sp³-hybridized carbons (Fsp3) is 0.333. The van der Waals surface area contributed by atoms with Crippen LogP contribution in [0, 0.1) is 6.92 Å². The highest BCUT2D eigenvalue weighted by molar-refractivity contribution is 5.47. The summed E-state index contributed by atoms with van der Waals surface area (Å²) in [5, 5.41) is 3.47. The molecular weight excluding hydrogens is 262 g/mol. The SMILES string of the molecule is Cc1ccc(CNCc2cccc3c2OCCCO3)cc1. The molecule has 0 saturated carbocycles. The lowest BCUT2D eigenvalue weighted by atomic mass is 10.1. The third-order valence-electron chi connectivity index (χ3n) is 3.62. The number of rotatable bonds is 4. The molecule has 0 atom stereocenters. The summed E-state index contributed by atoms with van der Waals surface area (Å²) in [7, 11) is 0. The van der Waals surface area contributed by atoms with Crippen molar-refractivity contribution in [1.82, 2.24) is 5.32 Å². The molecule has 0 amide bonds. The first-order valence-electron chi connectivity index (χ1n) is 7.47. The van der Waals surface area contributed by atoms with Crippen LogP contribution in [0.1, 0.15) is 23.1 Å². The summed E-state index contributed by atoms with van der Waals surface area (Å²) >= 11 is 0. The topological polar surface area (TPSA) is 30.5 Å². The number of nitrogens with one attached hydrogen (secondary N) is 1. The number of fused-ring (bicyclic) bond motifs is 1. The van der Waals surface area contributed by atoms with Gasteiger partial charge in [0.2, 0.25) is 0 Å². The first-order chi connectivity index (χ1) is 10.3. The summed E-state index contributed by atoms with van der Waals surface area (Å²) in [6, 6.07) is 14.7. The van der Waals surface area contributed by atoms with Crippen molar-refractivity contribution >= 4 is 0 Å². The maximum absolute atomic E-state index is 5.83. The minimum atomic E-state index is 0.724. The van der Waals surface area contributed by atoms with Crippen LogP contribution < -0.4 is 14.8 Å². The summed E-state index contributed by atoms with van der Waals surface area (Å²) in [4.78, 5) is 0. The molecule has 0 fully saturated rings. The van der Waals surface area contributed by atoms with Gasteiger partial charge in [-0.1, -0.05) is 42.0 Å². The predicted molar refractivity (Wildman–Crippen MR) is 83.8 cm³/mol. The van der Waals surface area contributed by atoms with Crippen molar-refractivity contribution in [3.63, 3.8) is 0 Å². The Balaban J connectivity index is 1.64. The minimum absolute atomic E-state index is 0.724. The molecule has 1 aliphatic rings. The van der Waals surface area contributed by atoms with E-state index in [0.717, 1.165) is 49.8 Å². The van der Waals surface area contributed by atoms with Crippen LogP contribution in [0.5, 0.6) is 11.5 Å². The number of aryl methyl sites for hydroxylation is 1. The van der Waals surface area contributed by atoms with Crippen molar-refractivity contribution in [2.75, 3.05) is 13.2 Å². The van der Waals surface area contributed by atoms with E-state index >= 15 is 0 Å². The molecule has 3 nitrogen and oxygen atoms in total. The zero-order chi connectivity index (χ0) is 14.5. The van der Waals surface area contributed by atoms with Crippen molar-refractivity contribution in [2.24, 2.45) is 0 Å². The fourth-order valence-corrected chi connectivity index (χ4v) is 2.44. The maximum atomic E-state index is 5.83. The summed E-state index contributed by atoms with van der Waals surface area (Å²) in [6.45, 7) is 5.19. The average Bonchev–Trinajstić information content (AvgIpc) is 2.75. The number of para-hydroxylation sites is 1. The van der Waals surface area contributed by atoms with Crippen molar-refractivity contribution in [2.45, 2.75) is 26.4 Å². The van der Waals surface area contributed by atoms with Gasteiger partial charge in [-0.3, -0.25) is 0 Å². The molecule has 0 spiro atoms. The molecule has 0 saturated heterocycles. The highest BCUT2D eigenvalue weighted by atomic mass is 16.5. The van der Waals surface area contributed by atoms with E-state index in [9.17, 15) is 0 Å². The van der Waals surface area contributed by atoms with E-state index in [2.05, 4.69) is 42.6 Å². The molecule has 2 aromatic rings. The normalized spacial score (nSPS) is 13.8. The van der Waals surface area contributed by atoms with Crippen molar-refractivity contribution in [1.29, 1.82) is 0 Å². The number of hydrogen-bond donors (Lipinski definition) is 1. The largest absolute Gasteiger partial charge is 0.490 e. The summed E-state index contributed by atoms with van der Waals surface area (Å²) < 4.78 is 11.5. The summed E-state index contributed by atoms with van der Waals surface area (Å²) in [6.07, 6.45) is 0.935. The molecule has 0 aliphatic carbocycles. The van der Waals surface area contributed by atoms with Crippen LogP contribution in [0.15, 0.2) is 42.5 Å². The van der Waals surface area contributed by atoms with Crippen LogP contribution in [0.25, 0.3) is 0 Å². The van der Waals surface area contributed by atoms with Crippen molar-refractivity contribution in [3.8, 4) is 11.5 Å². The monoisotopic (exact) mass is 283 g/mol. The van der Waals surface area contributed by atoms with Gasteiger partial charge >= 0.3 is 0 Å². The molecule has 110 valence electrons. The predicted octanol–water partition coefficient (Wildman–Crippen LogP) is 3.45. The van der Waals surface area contributed by atoms with Gasteiger partial charge in [0.1, 0.15) is 0 Å². The Morgan fingerprint density at radius 2 is 1.76 bits per heavy atom. The minimum Gasteiger partial charge on any atom is -0.490 e. The average molecular weight is 283 g/mol. The fourth-order valence-electron chi connectivity index (χ4n) is 2.44. The molecule has 3 rings (SSSR count). The van der Waals surface area contributed by atoms with Gasteiger partial charge in [0, 0.05) is 25.1 Å². The first kappa shape index (κ1) is 14.0. The second-order valence-electron chi connectivity index (χ2n) is 5.38. The number of ether oxygens (including phenoxy) is 2. The Kier molecular flexibility index (Phi) is 4.41. The highest BCUT2D eigenvalue weighted by Gasteiger charge is 2.13. The van der Waals surface area contributed by atoms with Gasteiger partial charge in [0.25, 0.3) is 0 Å². The van der Waals surface area contributed by atoms with Gasteiger partial charge in [-0.05, 0) is 18.6 Å². The molecule has 0 aromatic heterocycles. The highest BCUT2D eigenvalue weighted by Crippen LogP contribution is 2.33. The molecule has 1 N–H and O–H groups in total. The molecule has 21 heavy (non-hydrogen) atoms. The number of hydrogen-bond acceptors (Lipinski definition) is 3. The van der Waals surface area contributed by atoms with E-state index in [4.69, 9.17) is 9.47 Å². The molecule has 0 bridgehead atoms. The molecule has 0 radical (unpaired) electrons. The lowest BCUT2D eigenvalue weighted by molar-refractivity contribution is 0.296. The van der Waals surface area contributed by atoms with E-state index in [1.54, 1.807) is 0 Å². The van der Waals surface area contributed by atoms with E-state index in [1.807, 2.05) is 12.1 Å². The lowest BCUT2D eigenvalue weighted by Gasteiger charge is -2.13. The van der Waals surface area contributed by atoms with Crippen LogP contribution in [0.3, 0.4) is 0 Å². The summed E-state index contributed by atoms with van der Waals surface area (Å²) in [5.74, 6) is 1.76. The number of benzene rings is 2. The maximum Gasteiger partial charge on any atom is 0.165 e. The van der Waals surface area contributed by atoms with E-state index in [1.165, 1.54) is 11.1 Å². The van der Waals surface area contributed by atoms with Gasteiger partial charge < -0.3 is 14.8 Å². The lowest BCUT2D eigenvalue weighted by Crippen LogP contribution is -2.13. The van der Waals surface area contributed by atoms with E-state index < -0.39 is 0 Å². The summed E-state index contributed by atoms with van der Waals surface area (Å²) in [5.41, 5.74) is 3.74. The standard InChI is InChI=1S/C18H21NO2/c1-14-6-8-15(9-7-14)12-19-13-16-4-2-5-17-18(16)21-11-3-10-20-17/h2,4-9,19H,3,10-13H2,1H3. The zero-order valence-electron chi connectivity index (χ0n) is 12.4. The second-order valence-corrected chi connectivity index (χ2v) is 5.38. The van der Waals surface area contributed by atoms with Gasteiger partial charge in [-0.2, -0.15) is 0 Å². The van der Waals surface area contributed by atoms with E-state index in [0.29, 0.717) is 0 Å². The van der Waals surface area contributed by atoms with Gasteiger partial charge in [-0.25, -0.2) is 0 Å². The molecular formula is C18H21NO2. The van der Waals surface area contributed by atoms with Gasteiger partial charge in [-0.15, -0.1) is 0 Å². The molecule has 1 heterocycles. The first-order valence-corrected chi connectivity index (χ1v) is 7.47. The Labute approximate surface area is 125 Å². The van der Waals surface area contributed by atoms with Gasteiger partial charge in [0.05, 0.1) is 13.2 Å². The van der Waals surface area contributed by atoms with Crippen LogP contribution in [-0.2, 0) is 13.1 Å². The molecule has 1 aliphatic heterocycles. The van der Waals surface area contributed by atoms with Crippen LogP contribution in [-0.4, -0.2) is 13.2 Å². The van der Waals surface area contributed by atoms with Crippen LogP contribution in [0.2, 0.25) is 0 Å². The Hall–Kier alpha value is -2.00. The second kappa shape index (κ2) is 6.64. The van der Waals surface area contributed by atoms with Crippen LogP contribution in [0.4, 0.5) is 0 Å². The quantitative estimate of drug-likeness (QED) is 0.932. The Morgan fingerprint density at radius 3 is 2.62 bits per heavy atom. The van der Waals surface area contributed by atoms with Crippen molar-refractivity contribution in [3.05, 3.63) is 59.2 Å². The Bertz CT molecular complexity index is 593. The molecule has 3 heteroatoms. The van der Waals surface area contributed by atoms with E-state index in [-0.39, 0.29) is 0 Å². The molecule has 0 unspecified atom stereocenters. The molecule has 2 aromatic carbocycles. The van der Waals surface area contributed by atoms with Gasteiger partial charge in [0.15, 0.2) is 11.5 Å². The van der Waals surface area contributed by atoms with Crippen LogP contribution >= 0.6 is 0 Å². The Morgan fingerprint density at radius 1 is 0.952 bits per heavy atom. The smallest absolute Gasteiger partial charge is 0.165 e. The third kappa shape index (κ3) is 3.56. The van der Waals surface area contributed by atoms with Crippen molar-refractivity contribution < 1.29 is 9.47 Å².